The maximum absolute atomic E-state index is 14.1. The SMILES string of the molecule is C=C=Cc1ccc2c(c1O)C(=O)C1C(=O)[C@@]3(O)C(=O)C(C(N)=O)C(=O)[C@H](N(C)C)[C@H]3[C@H](OC(=O)CC)[C@H]1[C@@H]2C. The minimum absolute atomic E-state index is 0.109. The molecule has 39 heavy (non-hydrogen) atoms. The largest absolute Gasteiger partial charge is 0.507 e. The van der Waals surface area contributed by atoms with Gasteiger partial charge in [-0.25, -0.2) is 0 Å². The Bertz CT molecular complexity index is 1370. The van der Waals surface area contributed by atoms with Gasteiger partial charge in [0.15, 0.2) is 34.7 Å². The number of aromatic hydroxyl groups is 1. The number of Topliss-reactive ketones (excluding diaryl/α,β-unsaturated/α-hetero) is 4. The van der Waals surface area contributed by atoms with Crippen LogP contribution in [0.5, 0.6) is 5.75 Å². The number of carbonyl (C=O) groups is 6. The van der Waals surface area contributed by atoms with Crippen LogP contribution in [0.4, 0.5) is 0 Å². The van der Waals surface area contributed by atoms with Crippen molar-refractivity contribution >= 4 is 41.1 Å². The number of primary amides is 1. The number of likely N-dealkylation sites (N-methyl/N-ethyl adjacent to an activating group) is 1. The van der Waals surface area contributed by atoms with Gasteiger partial charge in [0.05, 0.1) is 23.4 Å². The summed E-state index contributed by atoms with van der Waals surface area (Å²) in [6, 6.07) is 1.70. The van der Waals surface area contributed by atoms with Crippen molar-refractivity contribution in [3.05, 3.63) is 41.1 Å². The van der Waals surface area contributed by atoms with Crippen molar-refractivity contribution in [2.75, 3.05) is 14.1 Å². The molecule has 0 radical (unpaired) electrons. The molecule has 2 saturated carbocycles. The zero-order chi connectivity index (χ0) is 29.1. The molecule has 1 aromatic rings. The monoisotopic (exact) mass is 538 g/mol. The van der Waals surface area contributed by atoms with Crippen LogP contribution in [0.2, 0.25) is 0 Å². The number of esters is 1. The van der Waals surface area contributed by atoms with Crippen LogP contribution >= 0.6 is 0 Å². The number of ether oxygens (including phenoxy) is 1. The van der Waals surface area contributed by atoms with Gasteiger partial charge in [-0.05, 0) is 31.7 Å². The van der Waals surface area contributed by atoms with Gasteiger partial charge < -0.3 is 20.7 Å². The van der Waals surface area contributed by atoms with Crippen molar-refractivity contribution in [3.8, 4) is 5.75 Å². The summed E-state index contributed by atoms with van der Waals surface area (Å²) in [5, 5.41) is 22.9. The van der Waals surface area contributed by atoms with Crippen molar-refractivity contribution in [2.24, 2.45) is 29.4 Å². The predicted octanol–water partition coefficient (Wildman–Crippen LogP) is 0.158. The first-order valence-electron chi connectivity index (χ1n) is 12.5. The topological polar surface area (TPSA) is 181 Å². The number of nitrogens with two attached hydrogens (primary N) is 1. The van der Waals surface area contributed by atoms with Crippen molar-refractivity contribution in [1.82, 2.24) is 4.90 Å². The minimum atomic E-state index is -3.05. The van der Waals surface area contributed by atoms with E-state index in [1.807, 2.05) is 0 Å². The second-order valence-corrected chi connectivity index (χ2v) is 10.5. The summed E-state index contributed by atoms with van der Waals surface area (Å²) in [6.07, 6.45) is -0.225. The number of amides is 1. The molecule has 1 amide bonds. The van der Waals surface area contributed by atoms with E-state index in [9.17, 15) is 39.0 Å². The number of ketones is 4. The summed E-state index contributed by atoms with van der Waals surface area (Å²) in [6.45, 7) is 6.64. The molecule has 0 saturated heterocycles. The van der Waals surface area contributed by atoms with E-state index in [1.165, 1.54) is 38.1 Å². The first kappa shape index (κ1) is 28.1. The third-order valence-corrected chi connectivity index (χ3v) is 8.31. The van der Waals surface area contributed by atoms with Crippen molar-refractivity contribution in [1.29, 1.82) is 0 Å². The highest BCUT2D eigenvalue weighted by molar-refractivity contribution is 6.32. The molecule has 0 bridgehead atoms. The van der Waals surface area contributed by atoms with Crippen LogP contribution in [0.1, 0.15) is 47.7 Å². The van der Waals surface area contributed by atoms with Gasteiger partial charge in [0.1, 0.15) is 11.9 Å². The third-order valence-electron chi connectivity index (χ3n) is 8.31. The van der Waals surface area contributed by atoms with Gasteiger partial charge in [-0.2, -0.15) is 0 Å². The molecule has 11 nitrogen and oxygen atoms in total. The highest BCUT2D eigenvalue weighted by atomic mass is 16.5. The van der Waals surface area contributed by atoms with Crippen LogP contribution in [-0.4, -0.2) is 82.0 Å². The second kappa shape index (κ2) is 9.68. The van der Waals surface area contributed by atoms with E-state index in [0.29, 0.717) is 5.56 Å². The molecule has 0 aliphatic heterocycles. The fourth-order valence-electron chi connectivity index (χ4n) is 6.58. The van der Waals surface area contributed by atoms with Crippen LogP contribution in [0, 0.1) is 23.7 Å². The molecule has 0 spiro atoms. The van der Waals surface area contributed by atoms with Crippen LogP contribution in [0.15, 0.2) is 24.4 Å². The Morgan fingerprint density at radius 2 is 1.85 bits per heavy atom. The highest BCUT2D eigenvalue weighted by Gasteiger charge is 2.74. The maximum atomic E-state index is 14.1. The van der Waals surface area contributed by atoms with Crippen molar-refractivity contribution < 1.29 is 43.7 Å². The molecule has 3 aliphatic rings. The number of phenols is 1. The quantitative estimate of drug-likeness (QED) is 0.265. The van der Waals surface area contributed by atoms with Crippen LogP contribution < -0.4 is 5.73 Å². The number of phenolic OH excluding ortho intramolecular Hbond substituents is 1. The molecule has 0 heterocycles. The van der Waals surface area contributed by atoms with E-state index in [2.05, 4.69) is 12.3 Å². The standard InChI is InChI=1S/C28H30N2O9/c1-6-8-12-9-10-13-11(3)15-17(22(33)16(13)21(12)32)25(35)28(38)19(24(15)39-14(31)7-2)20(30(4)5)23(34)18(26(28)36)27(29)37/h8-11,15,17-20,24,32,38H,1,7H2,2-5H3,(H2,29,37)/t11-,15+,17?,18?,19+,20-,24-,28-/m1/s1. The number of hydrogen-bond acceptors (Lipinski definition) is 10. The first-order valence-corrected chi connectivity index (χ1v) is 12.5. The van der Waals surface area contributed by atoms with Crippen molar-refractivity contribution in [2.45, 2.75) is 43.9 Å². The van der Waals surface area contributed by atoms with E-state index in [1.54, 1.807) is 13.0 Å². The fraction of sp³-hybridized carbons (Fsp3) is 0.464. The zero-order valence-corrected chi connectivity index (χ0v) is 22.0. The fourth-order valence-corrected chi connectivity index (χ4v) is 6.58. The van der Waals surface area contributed by atoms with E-state index in [0.717, 1.165) is 0 Å². The van der Waals surface area contributed by atoms with E-state index >= 15 is 0 Å². The Hall–Kier alpha value is -3.92. The Kier molecular flexibility index (Phi) is 6.97. The third kappa shape index (κ3) is 3.80. The molecule has 2 fully saturated rings. The van der Waals surface area contributed by atoms with Gasteiger partial charge in [-0.3, -0.25) is 33.7 Å². The number of hydrogen-bond donors (Lipinski definition) is 3. The average Bonchev–Trinajstić information content (AvgIpc) is 2.86. The Labute approximate surface area is 224 Å². The van der Waals surface area contributed by atoms with Crippen molar-refractivity contribution in [3.63, 3.8) is 0 Å². The van der Waals surface area contributed by atoms with Gasteiger partial charge in [0.25, 0.3) is 0 Å². The lowest BCUT2D eigenvalue weighted by molar-refractivity contribution is -0.205. The number of carbonyl (C=O) groups excluding carboxylic acids is 6. The zero-order valence-electron chi connectivity index (χ0n) is 22.0. The minimum Gasteiger partial charge on any atom is -0.507 e. The molecule has 8 atom stereocenters. The number of benzene rings is 1. The normalized spacial score (nSPS) is 33.5. The molecule has 11 heteroatoms. The van der Waals surface area contributed by atoms with Crippen LogP contribution in [0.3, 0.4) is 0 Å². The lowest BCUT2D eigenvalue weighted by Gasteiger charge is -2.56. The summed E-state index contributed by atoms with van der Waals surface area (Å²) in [5.74, 6) is -14.4. The molecule has 1 aromatic carbocycles. The van der Waals surface area contributed by atoms with Gasteiger partial charge in [-0.1, -0.05) is 32.6 Å². The first-order chi connectivity index (χ1) is 18.2. The van der Waals surface area contributed by atoms with E-state index in [-0.39, 0.29) is 17.5 Å². The smallest absolute Gasteiger partial charge is 0.305 e. The molecular weight excluding hydrogens is 508 g/mol. The lowest BCUT2D eigenvalue weighted by atomic mass is 9.49. The molecule has 3 aliphatic carbocycles. The predicted molar refractivity (Wildman–Crippen MR) is 135 cm³/mol. The highest BCUT2D eigenvalue weighted by Crippen LogP contribution is 2.55. The molecule has 0 aromatic heterocycles. The number of fused-ring (bicyclic) bond motifs is 3. The summed E-state index contributed by atoms with van der Waals surface area (Å²) in [5.41, 5.74) is 5.20. The van der Waals surface area contributed by atoms with Gasteiger partial charge in [0.2, 0.25) is 5.91 Å². The Balaban J connectivity index is 2.04. The summed E-state index contributed by atoms with van der Waals surface area (Å²) in [7, 11) is 2.90. The molecule has 4 rings (SSSR count). The number of nitrogens with zero attached hydrogens (tertiary/aromatic N) is 1. The summed E-state index contributed by atoms with van der Waals surface area (Å²) >= 11 is 0. The summed E-state index contributed by atoms with van der Waals surface area (Å²) in [4.78, 5) is 81.3. The van der Waals surface area contributed by atoms with Crippen LogP contribution in [-0.2, 0) is 28.7 Å². The molecular formula is C28H30N2O9. The summed E-state index contributed by atoms with van der Waals surface area (Å²) < 4.78 is 5.75. The van der Waals surface area contributed by atoms with E-state index < -0.39 is 88.1 Å². The second-order valence-electron chi connectivity index (χ2n) is 10.5. The molecule has 206 valence electrons. The Morgan fingerprint density at radius 3 is 2.38 bits per heavy atom. The lowest BCUT2D eigenvalue weighted by Crippen LogP contribution is -2.78. The maximum Gasteiger partial charge on any atom is 0.305 e. The van der Waals surface area contributed by atoms with Gasteiger partial charge in [0, 0.05) is 17.9 Å². The van der Waals surface area contributed by atoms with E-state index in [4.69, 9.17) is 10.5 Å². The number of rotatable bonds is 5. The number of aliphatic hydroxyl groups is 1. The molecule has 2 unspecified atom stereocenters. The average molecular weight is 539 g/mol. The Morgan fingerprint density at radius 1 is 1.21 bits per heavy atom. The van der Waals surface area contributed by atoms with Crippen LogP contribution in [0.25, 0.3) is 6.08 Å². The molecule has 4 N–H and O–H groups in total. The van der Waals surface area contributed by atoms with Gasteiger partial charge in [-0.15, -0.1) is 5.73 Å². The van der Waals surface area contributed by atoms with Gasteiger partial charge >= 0.3 is 5.97 Å².